The summed E-state index contributed by atoms with van der Waals surface area (Å²) in [5.74, 6) is 0.945. The van der Waals surface area contributed by atoms with Gasteiger partial charge >= 0.3 is 5.69 Å². The van der Waals surface area contributed by atoms with Crippen LogP contribution in [0.25, 0.3) is 10.2 Å². The Balaban J connectivity index is 1.17. The summed E-state index contributed by atoms with van der Waals surface area (Å²) in [5.41, 5.74) is 0.721. The highest BCUT2D eigenvalue weighted by molar-refractivity contribution is 7.17. The quantitative estimate of drug-likeness (QED) is 0.191. The van der Waals surface area contributed by atoms with Gasteiger partial charge in [0.05, 0.1) is 22.1 Å². The minimum absolute atomic E-state index is 0.0852. The van der Waals surface area contributed by atoms with Crippen molar-refractivity contribution in [1.82, 2.24) is 14.5 Å². The lowest BCUT2D eigenvalue weighted by molar-refractivity contribution is -0.121. The van der Waals surface area contributed by atoms with E-state index < -0.39 is 5.69 Å². The number of thiophene rings is 1. The van der Waals surface area contributed by atoms with Gasteiger partial charge in [-0.1, -0.05) is 35.7 Å². The number of nitrogens with zero attached hydrogens (tertiary/aromatic N) is 2. The van der Waals surface area contributed by atoms with Gasteiger partial charge in [0.2, 0.25) is 12.7 Å². The molecule has 0 atom stereocenters. The van der Waals surface area contributed by atoms with E-state index in [9.17, 15) is 19.2 Å². The monoisotopic (exact) mass is 601 g/mol. The number of ketones is 1. The molecule has 4 aromatic rings. The molecule has 1 N–H and O–H groups in total. The van der Waals surface area contributed by atoms with Crippen LogP contribution in [0, 0.1) is 0 Å². The summed E-state index contributed by atoms with van der Waals surface area (Å²) in [6, 6.07) is 11.7. The summed E-state index contributed by atoms with van der Waals surface area (Å²) in [7, 11) is 0. The van der Waals surface area contributed by atoms with Gasteiger partial charge in [0, 0.05) is 25.1 Å². The number of ether oxygens (including phenoxy) is 2. The van der Waals surface area contributed by atoms with E-state index in [4.69, 9.17) is 32.7 Å². The molecular formula is C28H25Cl2N3O6S. The first kappa shape index (κ1) is 27.9. The van der Waals surface area contributed by atoms with Crippen molar-refractivity contribution in [3.63, 3.8) is 0 Å². The number of amides is 1. The summed E-state index contributed by atoms with van der Waals surface area (Å²) < 4.78 is 13.5. The molecule has 0 saturated heterocycles. The Morgan fingerprint density at radius 2 is 1.75 bits per heavy atom. The van der Waals surface area contributed by atoms with Crippen LogP contribution in [0.4, 0.5) is 0 Å². The molecule has 0 radical (unpaired) electrons. The van der Waals surface area contributed by atoms with Gasteiger partial charge < -0.3 is 14.8 Å². The van der Waals surface area contributed by atoms with Crippen molar-refractivity contribution in [2.75, 3.05) is 6.79 Å². The summed E-state index contributed by atoms with van der Waals surface area (Å²) >= 11 is 13.2. The lowest BCUT2D eigenvalue weighted by atomic mass is 10.1. The molecule has 1 aliphatic rings. The fraction of sp³-hybridized carbons (Fsp3) is 0.286. The molecule has 1 amide bonds. The van der Waals surface area contributed by atoms with E-state index in [2.05, 4.69) is 5.32 Å². The average molecular weight is 602 g/mol. The predicted molar refractivity (Wildman–Crippen MR) is 154 cm³/mol. The highest BCUT2D eigenvalue weighted by Gasteiger charge is 2.18. The number of hydrogen-bond donors (Lipinski definition) is 1. The van der Waals surface area contributed by atoms with E-state index in [1.807, 2.05) is 18.2 Å². The van der Waals surface area contributed by atoms with Crippen molar-refractivity contribution in [3.8, 4) is 11.5 Å². The third kappa shape index (κ3) is 6.09. The number of hydrogen-bond acceptors (Lipinski definition) is 7. The third-order valence-corrected chi connectivity index (χ3v) is 8.22. The zero-order valence-electron chi connectivity index (χ0n) is 21.3. The number of nitrogens with one attached hydrogen (secondary N) is 1. The highest BCUT2D eigenvalue weighted by Crippen LogP contribution is 2.32. The van der Waals surface area contributed by atoms with Crippen LogP contribution in [0.1, 0.15) is 41.6 Å². The van der Waals surface area contributed by atoms with Crippen LogP contribution in [-0.4, -0.2) is 27.6 Å². The molecule has 3 heterocycles. The SMILES string of the molecule is O=C(CCCCCn1c(=O)c2sccc2n(CC(=O)c2ccc(Cl)c(Cl)c2)c1=O)NCc1ccc2c(c1)OCO2. The maximum atomic E-state index is 13.3. The Morgan fingerprint density at radius 3 is 2.58 bits per heavy atom. The molecule has 5 rings (SSSR count). The molecule has 0 saturated carbocycles. The van der Waals surface area contributed by atoms with Crippen LogP contribution in [0.2, 0.25) is 10.0 Å². The van der Waals surface area contributed by atoms with E-state index >= 15 is 0 Å². The minimum Gasteiger partial charge on any atom is -0.454 e. The standard InChI is InChI=1S/C28H25Cl2N3O6S/c29-19-7-6-18(13-20(19)30)22(34)15-33-21-9-11-40-26(21)27(36)32(28(33)37)10-3-1-2-4-25(35)31-14-17-5-8-23-24(12-17)39-16-38-23/h5-9,11-13H,1-4,10,14-16H2,(H,31,35). The first-order chi connectivity index (χ1) is 19.3. The topological polar surface area (TPSA) is 109 Å². The Hall–Kier alpha value is -3.60. The minimum atomic E-state index is -0.550. The average Bonchev–Trinajstić information content (AvgIpc) is 3.62. The van der Waals surface area contributed by atoms with Gasteiger partial charge in [0.15, 0.2) is 17.3 Å². The fourth-order valence-electron chi connectivity index (χ4n) is 4.46. The molecule has 2 aromatic carbocycles. The summed E-state index contributed by atoms with van der Waals surface area (Å²) in [6.07, 6.45) is 2.11. The van der Waals surface area contributed by atoms with Gasteiger partial charge in [-0.3, -0.25) is 23.5 Å². The van der Waals surface area contributed by atoms with Gasteiger partial charge in [-0.25, -0.2) is 4.79 Å². The maximum absolute atomic E-state index is 13.3. The maximum Gasteiger partial charge on any atom is 0.331 e. The second kappa shape index (κ2) is 12.3. The largest absolute Gasteiger partial charge is 0.454 e. The molecular weight excluding hydrogens is 577 g/mol. The van der Waals surface area contributed by atoms with E-state index in [1.54, 1.807) is 17.5 Å². The first-order valence-electron chi connectivity index (χ1n) is 12.7. The molecule has 1 aliphatic heterocycles. The van der Waals surface area contributed by atoms with Crippen LogP contribution >= 0.6 is 34.5 Å². The summed E-state index contributed by atoms with van der Waals surface area (Å²) in [6.45, 7) is 0.522. The number of rotatable bonds is 11. The number of Topliss-reactive ketones (excluding diaryl/α,β-unsaturated/α-hetero) is 1. The molecule has 2 aromatic heterocycles. The van der Waals surface area contributed by atoms with E-state index in [0.29, 0.717) is 64.5 Å². The fourth-order valence-corrected chi connectivity index (χ4v) is 5.60. The Labute approximate surface area is 242 Å². The van der Waals surface area contributed by atoms with Crippen molar-refractivity contribution in [2.24, 2.45) is 0 Å². The number of halogens is 2. The lowest BCUT2D eigenvalue weighted by Gasteiger charge is -2.12. The lowest BCUT2D eigenvalue weighted by Crippen LogP contribution is -2.40. The van der Waals surface area contributed by atoms with E-state index in [-0.39, 0.29) is 42.2 Å². The van der Waals surface area contributed by atoms with Crippen molar-refractivity contribution >= 4 is 56.4 Å². The van der Waals surface area contributed by atoms with Gasteiger partial charge in [-0.15, -0.1) is 11.3 Å². The molecule has 9 nitrogen and oxygen atoms in total. The molecule has 12 heteroatoms. The molecule has 0 fully saturated rings. The van der Waals surface area contributed by atoms with Gasteiger partial charge in [-0.2, -0.15) is 0 Å². The number of carbonyl (C=O) groups is 2. The van der Waals surface area contributed by atoms with E-state index in [0.717, 1.165) is 5.56 Å². The molecule has 0 bridgehead atoms. The normalized spacial score (nSPS) is 12.2. The smallest absolute Gasteiger partial charge is 0.331 e. The second-order valence-corrected chi connectivity index (χ2v) is 11.0. The zero-order chi connectivity index (χ0) is 28.2. The number of carbonyl (C=O) groups excluding carboxylic acids is 2. The van der Waals surface area contributed by atoms with Crippen molar-refractivity contribution in [1.29, 1.82) is 0 Å². The van der Waals surface area contributed by atoms with Crippen molar-refractivity contribution in [3.05, 3.63) is 89.9 Å². The highest BCUT2D eigenvalue weighted by atomic mass is 35.5. The summed E-state index contributed by atoms with van der Waals surface area (Å²) in [4.78, 5) is 51.6. The van der Waals surface area contributed by atoms with Gasteiger partial charge in [0.25, 0.3) is 5.56 Å². The van der Waals surface area contributed by atoms with Crippen molar-refractivity contribution < 1.29 is 19.1 Å². The van der Waals surface area contributed by atoms with Crippen molar-refractivity contribution in [2.45, 2.75) is 45.3 Å². The summed E-state index contributed by atoms with van der Waals surface area (Å²) in [5, 5.41) is 5.18. The number of benzene rings is 2. The van der Waals surface area contributed by atoms with Crippen LogP contribution < -0.4 is 26.0 Å². The van der Waals surface area contributed by atoms with E-state index in [1.165, 1.54) is 32.6 Å². The Morgan fingerprint density at radius 1 is 0.925 bits per heavy atom. The molecule has 0 unspecified atom stereocenters. The van der Waals surface area contributed by atoms with Crippen LogP contribution in [0.15, 0.2) is 57.4 Å². The third-order valence-electron chi connectivity index (χ3n) is 6.59. The molecule has 0 spiro atoms. The predicted octanol–water partition coefficient (Wildman–Crippen LogP) is 5.02. The number of unbranched alkanes of at least 4 members (excludes halogenated alkanes) is 2. The molecule has 40 heavy (non-hydrogen) atoms. The van der Waals surface area contributed by atoms with Crippen LogP contribution in [-0.2, 0) is 24.4 Å². The Bertz CT molecular complexity index is 1710. The molecule has 208 valence electrons. The van der Waals surface area contributed by atoms with Gasteiger partial charge in [0.1, 0.15) is 4.70 Å². The second-order valence-electron chi connectivity index (χ2n) is 9.29. The van der Waals surface area contributed by atoms with Crippen LogP contribution in [0.3, 0.4) is 0 Å². The number of aromatic nitrogens is 2. The van der Waals surface area contributed by atoms with Gasteiger partial charge in [-0.05, 0) is 60.2 Å². The Kier molecular flexibility index (Phi) is 8.58. The molecule has 0 aliphatic carbocycles. The number of fused-ring (bicyclic) bond motifs is 2. The zero-order valence-corrected chi connectivity index (χ0v) is 23.6. The van der Waals surface area contributed by atoms with Crippen LogP contribution in [0.5, 0.6) is 11.5 Å². The first-order valence-corrected chi connectivity index (χ1v) is 14.3.